The van der Waals surface area contributed by atoms with Gasteiger partial charge < -0.3 is 10.7 Å². The molecule has 0 spiro atoms. The fraction of sp³-hybridized carbons (Fsp3) is 0.375. The summed E-state index contributed by atoms with van der Waals surface area (Å²) in [4.78, 5) is 9.03. The van der Waals surface area contributed by atoms with E-state index in [2.05, 4.69) is 65.7 Å². The first-order valence-electron chi connectivity index (χ1n) is 7.26. The molecule has 2 aromatic rings. The van der Waals surface area contributed by atoms with E-state index in [9.17, 15) is 0 Å². The molecule has 1 heterocycles. The fourth-order valence-corrected chi connectivity index (χ4v) is 2.01. The minimum absolute atomic E-state index is 0.237. The van der Waals surface area contributed by atoms with Crippen molar-refractivity contribution in [3.05, 3.63) is 41.2 Å². The van der Waals surface area contributed by atoms with E-state index in [-0.39, 0.29) is 5.92 Å². The molecular weight excluding hydrogens is 262 g/mol. The third-order valence-electron chi connectivity index (χ3n) is 3.44. The van der Waals surface area contributed by atoms with E-state index in [1.54, 1.807) is 0 Å². The first-order chi connectivity index (χ1) is 10.0. The number of nitrogens with two attached hydrogens (primary N) is 1. The van der Waals surface area contributed by atoms with Crippen molar-refractivity contribution in [3.8, 4) is 0 Å². The van der Waals surface area contributed by atoms with Crippen LogP contribution in [0.5, 0.6) is 0 Å². The minimum atomic E-state index is 0.237. The lowest BCUT2D eigenvalue weighted by Crippen LogP contribution is -2.14. The average molecular weight is 285 g/mol. The molecule has 0 aliphatic rings. The molecule has 0 atom stereocenters. The molecule has 0 saturated carbocycles. The van der Waals surface area contributed by atoms with E-state index in [1.165, 1.54) is 5.56 Å². The second kappa shape index (κ2) is 6.54. The third-order valence-corrected chi connectivity index (χ3v) is 3.44. The van der Waals surface area contributed by atoms with E-state index in [4.69, 9.17) is 5.84 Å². The van der Waals surface area contributed by atoms with Crippen molar-refractivity contribution < 1.29 is 0 Å². The lowest BCUT2D eigenvalue weighted by Gasteiger charge is -2.15. The first-order valence-corrected chi connectivity index (χ1v) is 7.26. The molecule has 21 heavy (non-hydrogen) atoms. The molecule has 2 rings (SSSR count). The van der Waals surface area contributed by atoms with Crippen molar-refractivity contribution in [1.29, 1.82) is 0 Å². The summed E-state index contributed by atoms with van der Waals surface area (Å²) in [6, 6.07) is 8.35. The van der Waals surface area contributed by atoms with Gasteiger partial charge >= 0.3 is 0 Å². The molecule has 0 fully saturated rings. The van der Waals surface area contributed by atoms with Gasteiger partial charge in [0.15, 0.2) is 0 Å². The quantitative estimate of drug-likeness (QED) is 0.579. The summed E-state index contributed by atoms with van der Waals surface area (Å²) in [6.45, 7) is 8.21. The van der Waals surface area contributed by atoms with Gasteiger partial charge in [0.1, 0.15) is 17.5 Å². The molecular formula is C16H23N5. The number of aryl methyl sites for hydroxylation is 1. The molecule has 0 bridgehead atoms. The van der Waals surface area contributed by atoms with Gasteiger partial charge in [-0.25, -0.2) is 15.8 Å². The summed E-state index contributed by atoms with van der Waals surface area (Å²) in [5.41, 5.74) is 5.87. The van der Waals surface area contributed by atoms with Gasteiger partial charge in [0, 0.05) is 17.2 Å². The number of benzene rings is 1. The number of hydrogen-bond acceptors (Lipinski definition) is 5. The van der Waals surface area contributed by atoms with Gasteiger partial charge in [-0.1, -0.05) is 32.9 Å². The van der Waals surface area contributed by atoms with Crippen molar-refractivity contribution in [1.82, 2.24) is 9.97 Å². The van der Waals surface area contributed by atoms with E-state index in [1.807, 2.05) is 6.92 Å². The SMILES string of the molecule is CCc1ccc(Nc2nc(C(C)C)nc(NN)c2C)cc1. The Kier molecular flexibility index (Phi) is 4.75. The van der Waals surface area contributed by atoms with Crippen molar-refractivity contribution >= 4 is 17.3 Å². The van der Waals surface area contributed by atoms with Crippen LogP contribution in [0, 0.1) is 6.92 Å². The van der Waals surface area contributed by atoms with Crippen LogP contribution in [-0.2, 0) is 6.42 Å². The number of aromatic nitrogens is 2. The summed E-state index contributed by atoms with van der Waals surface area (Å²) in [5.74, 6) is 7.99. The number of anilines is 3. The minimum Gasteiger partial charge on any atom is -0.340 e. The lowest BCUT2D eigenvalue weighted by atomic mass is 10.1. The largest absolute Gasteiger partial charge is 0.340 e. The molecule has 0 unspecified atom stereocenters. The molecule has 0 aliphatic carbocycles. The standard InChI is InChI=1S/C16H23N5/c1-5-12-6-8-13(9-7-12)18-15-11(4)16(21-17)20-14(19-15)10(2)3/h6-10H,5,17H2,1-4H3,(H2,18,19,20,21). The Bertz CT molecular complexity index is 605. The van der Waals surface area contributed by atoms with E-state index in [0.29, 0.717) is 5.82 Å². The second-order valence-electron chi connectivity index (χ2n) is 5.38. The summed E-state index contributed by atoms with van der Waals surface area (Å²) in [6.07, 6.45) is 1.03. The highest BCUT2D eigenvalue weighted by molar-refractivity contribution is 5.64. The zero-order valence-corrected chi connectivity index (χ0v) is 13.1. The van der Waals surface area contributed by atoms with Crippen molar-refractivity contribution in [3.63, 3.8) is 0 Å². The van der Waals surface area contributed by atoms with Crippen LogP contribution in [-0.4, -0.2) is 9.97 Å². The maximum Gasteiger partial charge on any atom is 0.148 e. The molecule has 1 aromatic heterocycles. The third kappa shape index (κ3) is 3.49. The van der Waals surface area contributed by atoms with Crippen LogP contribution in [0.25, 0.3) is 0 Å². The first kappa shape index (κ1) is 15.3. The van der Waals surface area contributed by atoms with E-state index in [0.717, 1.165) is 29.3 Å². The molecule has 0 radical (unpaired) electrons. The summed E-state index contributed by atoms with van der Waals surface area (Å²) in [7, 11) is 0. The number of nitrogens with zero attached hydrogens (tertiary/aromatic N) is 2. The molecule has 4 N–H and O–H groups in total. The van der Waals surface area contributed by atoms with Crippen LogP contribution in [0.3, 0.4) is 0 Å². The van der Waals surface area contributed by atoms with Gasteiger partial charge in [-0.3, -0.25) is 0 Å². The number of nitrogens with one attached hydrogen (secondary N) is 2. The zero-order chi connectivity index (χ0) is 15.4. The Labute approximate surface area is 126 Å². The van der Waals surface area contributed by atoms with Crippen LogP contribution in [0.2, 0.25) is 0 Å². The van der Waals surface area contributed by atoms with Crippen LogP contribution in [0.15, 0.2) is 24.3 Å². The maximum absolute atomic E-state index is 5.55. The van der Waals surface area contributed by atoms with Crippen LogP contribution >= 0.6 is 0 Å². The Morgan fingerprint density at radius 1 is 1.10 bits per heavy atom. The lowest BCUT2D eigenvalue weighted by molar-refractivity contribution is 0.774. The highest BCUT2D eigenvalue weighted by Gasteiger charge is 2.12. The Balaban J connectivity index is 2.35. The molecule has 0 aliphatic heterocycles. The smallest absolute Gasteiger partial charge is 0.148 e. The molecule has 5 heteroatoms. The van der Waals surface area contributed by atoms with Gasteiger partial charge in [-0.2, -0.15) is 0 Å². The van der Waals surface area contributed by atoms with Gasteiger partial charge in [0.25, 0.3) is 0 Å². The zero-order valence-electron chi connectivity index (χ0n) is 13.1. The molecule has 0 saturated heterocycles. The highest BCUT2D eigenvalue weighted by Crippen LogP contribution is 2.25. The summed E-state index contributed by atoms with van der Waals surface area (Å²) >= 11 is 0. The van der Waals surface area contributed by atoms with Crippen molar-refractivity contribution in [2.75, 3.05) is 10.7 Å². The van der Waals surface area contributed by atoms with Gasteiger partial charge in [0.05, 0.1) is 0 Å². The normalized spacial score (nSPS) is 10.8. The number of hydrogen-bond donors (Lipinski definition) is 3. The van der Waals surface area contributed by atoms with Crippen molar-refractivity contribution in [2.24, 2.45) is 5.84 Å². The monoisotopic (exact) mass is 285 g/mol. The molecule has 1 aromatic carbocycles. The molecule has 112 valence electrons. The predicted octanol–water partition coefficient (Wildman–Crippen LogP) is 3.50. The highest BCUT2D eigenvalue weighted by atomic mass is 15.3. The van der Waals surface area contributed by atoms with Gasteiger partial charge in [-0.05, 0) is 31.0 Å². The Morgan fingerprint density at radius 3 is 2.24 bits per heavy atom. The maximum atomic E-state index is 5.55. The van der Waals surface area contributed by atoms with Gasteiger partial charge in [0.2, 0.25) is 0 Å². The molecule has 0 amide bonds. The van der Waals surface area contributed by atoms with Crippen LogP contribution in [0.1, 0.15) is 43.6 Å². The van der Waals surface area contributed by atoms with Crippen LogP contribution in [0.4, 0.5) is 17.3 Å². The topological polar surface area (TPSA) is 75.9 Å². The number of nitrogen functional groups attached to an aromatic ring is 1. The van der Waals surface area contributed by atoms with Gasteiger partial charge in [-0.15, -0.1) is 0 Å². The molecule has 5 nitrogen and oxygen atoms in total. The number of hydrazine groups is 1. The number of rotatable bonds is 5. The predicted molar refractivity (Wildman–Crippen MR) is 87.8 cm³/mol. The Hall–Kier alpha value is -2.14. The Morgan fingerprint density at radius 2 is 1.71 bits per heavy atom. The summed E-state index contributed by atoms with van der Waals surface area (Å²) in [5, 5.41) is 3.35. The second-order valence-corrected chi connectivity index (χ2v) is 5.38. The van der Waals surface area contributed by atoms with Crippen molar-refractivity contribution in [2.45, 2.75) is 40.0 Å². The van der Waals surface area contributed by atoms with Crippen LogP contribution < -0.4 is 16.6 Å². The summed E-state index contributed by atoms with van der Waals surface area (Å²) < 4.78 is 0. The van der Waals surface area contributed by atoms with E-state index >= 15 is 0 Å². The fourth-order valence-electron chi connectivity index (χ4n) is 2.01. The van der Waals surface area contributed by atoms with E-state index < -0.39 is 0 Å². The average Bonchev–Trinajstić information content (AvgIpc) is 2.49.